The van der Waals surface area contributed by atoms with Crippen molar-refractivity contribution in [3.8, 4) is 5.75 Å². The fraction of sp³-hybridized carbons (Fsp3) is 0.300. The molecule has 1 atom stereocenters. The van der Waals surface area contributed by atoms with Gasteiger partial charge in [0, 0.05) is 23.9 Å². The van der Waals surface area contributed by atoms with E-state index in [9.17, 15) is 19.1 Å². The number of hydrogen-bond acceptors (Lipinski definition) is 5. The number of aliphatic hydroxyl groups is 1. The number of rotatable bonds is 7. The van der Waals surface area contributed by atoms with Gasteiger partial charge in [-0.1, -0.05) is 39.0 Å². The lowest BCUT2D eigenvalue weighted by Crippen LogP contribution is -2.32. The van der Waals surface area contributed by atoms with Gasteiger partial charge in [-0.25, -0.2) is 4.39 Å². The van der Waals surface area contributed by atoms with E-state index in [4.69, 9.17) is 4.74 Å². The Bertz CT molecular complexity index is 1330. The Morgan fingerprint density at radius 2 is 1.81 bits per heavy atom. The molecular weight excluding hydrogens is 471 g/mol. The van der Waals surface area contributed by atoms with E-state index in [0.717, 1.165) is 11.1 Å². The van der Waals surface area contributed by atoms with E-state index >= 15 is 0 Å². The number of likely N-dealkylation sites (tertiary alicyclic amines) is 1. The molecule has 6 nitrogen and oxygen atoms in total. The number of aromatic nitrogens is 1. The third kappa shape index (κ3) is 5.40. The molecule has 37 heavy (non-hydrogen) atoms. The summed E-state index contributed by atoms with van der Waals surface area (Å²) in [6.07, 6.45) is 2.00. The third-order valence-electron chi connectivity index (χ3n) is 6.42. The van der Waals surface area contributed by atoms with Gasteiger partial charge in [0.25, 0.3) is 11.7 Å². The van der Waals surface area contributed by atoms with Gasteiger partial charge in [-0.05, 0) is 66.8 Å². The van der Waals surface area contributed by atoms with Gasteiger partial charge in [-0.15, -0.1) is 0 Å². The highest BCUT2D eigenvalue weighted by Gasteiger charge is 2.46. The number of carbonyl (C=O) groups excluding carboxylic acids is 2. The minimum Gasteiger partial charge on any atom is -0.507 e. The molecule has 192 valence electrons. The third-order valence-corrected chi connectivity index (χ3v) is 6.42. The molecule has 2 aromatic carbocycles. The quantitative estimate of drug-likeness (QED) is 0.259. The number of pyridine rings is 1. The van der Waals surface area contributed by atoms with Gasteiger partial charge in [-0.2, -0.15) is 0 Å². The second-order valence-electron chi connectivity index (χ2n) is 10.0. The number of nitrogens with zero attached hydrogens (tertiary/aromatic N) is 2. The first-order chi connectivity index (χ1) is 17.6. The van der Waals surface area contributed by atoms with Gasteiger partial charge in [0.1, 0.15) is 23.4 Å². The van der Waals surface area contributed by atoms with Crippen LogP contribution in [0.1, 0.15) is 56.1 Å². The van der Waals surface area contributed by atoms with E-state index in [1.807, 2.05) is 33.8 Å². The molecule has 7 heteroatoms. The summed E-state index contributed by atoms with van der Waals surface area (Å²) in [6.45, 7) is 8.71. The Morgan fingerprint density at radius 1 is 1.08 bits per heavy atom. The maximum Gasteiger partial charge on any atom is 0.295 e. The predicted octanol–water partition coefficient (Wildman–Crippen LogP) is 5.58. The summed E-state index contributed by atoms with van der Waals surface area (Å²) < 4.78 is 19.1. The van der Waals surface area contributed by atoms with Crippen molar-refractivity contribution in [2.75, 3.05) is 13.2 Å². The summed E-state index contributed by atoms with van der Waals surface area (Å²) >= 11 is 0. The first-order valence-electron chi connectivity index (χ1n) is 12.3. The smallest absolute Gasteiger partial charge is 0.295 e. The maximum absolute atomic E-state index is 13.3. The van der Waals surface area contributed by atoms with E-state index < -0.39 is 17.7 Å². The van der Waals surface area contributed by atoms with Crippen LogP contribution in [0.5, 0.6) is 5.75 Å². The monoisotopic (exact) mass is 502 g/mol. The topological polar surface area (TPSA) is 79.7 Å². The molecule has 1 aromatic heterocycles. The zero-order valence-electron chi connectivity index (χ0n) is 21.5. The summed E-state index contributed by atoms with van der Waals surface area (Å²) in [5.74, 6) is -1.37. The molecule has 4 rings (SSSR count). The lowest BCUT2D eigenvalue weighted by Gasteiger charge is -2.25. The van der Waals surface area contributed by atoms with Gasteiger partial charge in [0.05, 0.1) is 17.9 Å². The van der Waals surface area contributed by atoms with E-state index in [0.29, 0.717) is 30.0 Å². The van der Waals surface area contributed by atoms with Crippen molar-refractivity contribution in [3.05, 3.63) is 101 Å². The SMILES string of the molecule is CCOc1ccc(/C(O)=C2/C(=O)C(=O)N(CCc3ccc(F)cc3)C2c2ccccn2)cc1C(C)(C)C. The first kappa shape index (κ1) is 26.1. The molecule has 1 saturated heterocycles. The first-order valence-corrected chi connectivity index (χ1v) is 12.3. The molecule has 0 radical (unpaired) electrons. The van der Waals surface area contributed by atoms with Crippen LogP contribution in [0.4, 0.5) is 4.39 Å². The molecular formula is C30H31FN2O4. The van der Waals surface area contributed by atoms with Crippen LogP contribution in [0.3, 0.4) is 0 Å². The van der Waals surface area contributed by atoms with Crippen molar-refractivity contribution in [1.29, 1.82) is 0 Å². The summed E-state index contributed by atoms with van der Waals surface area (Å²) in [5, 5.41) is 11.5. The normalized spacial score (nSPS) is 17.3. The lowest BCUT2D eigenvalue weighted by molar-refractivity contribution is -0.139. The van der Waals surface area contributed by atoms with E-state index in [-0.39, 0.29) is 29.1 Å². The fourth-order valence-corrected chi connectivity index (χ4v) is 4.56. The van der Waals surface area contributed by atoms with Crippen LogP contribution in [0.2, 0.25) is 0 Å². The van der Waals surface area contributed by atoms with E-state index in [1.165, 1.54) is 17.0 Å². The summed E-state index contributed by atoms with van der Waals surface area (Å²) in [4.78, 5) is 32.3. The van der Waals surface area contributed by atoms with Crippen molar-refractivity contribution >= 4 is 17.4 Å². The number of benzene rings is 2. The number of amides is 1. The van der Waals surface area contributed by atoms with Crippen LogP contribution in [0.15, 0.2) is 72.4 Å². The predicted molar refractivity (Wildman–Crippen MR) is 140 cm³/mol. The Balaban J connectivity index is 1.79. The zero-order chi connectivity index (χ0) is 26.7. The van der Waals surface area contributed by atoms with E-state index in [1.54, 1.807) is 48.7 Å². The molecule has 0 aliphatic carbocycles. The standard InChI is InChI=1S/C30H31FN2O4/c1-5-37-24-14-11-20(18-22(24)30(2,3)4)27(34)25-26(23-8-6-7-16-32-23)33(29(36)28(25)35)17-15-19-9-12-21(31)13-10-19/h6-14,16,18,26,34H,5,15,17H2,1-4H3/b27-25-. The largest absolute Gasteiger partial charge is 0.507 e. The number of halogens is 1. The fourth-order valence-electron chi connectivity index (χ4n) is 4.56. The van der Waals surface area contributed by atoms with Gasteiger partial charge in [0.15, 0.2) is 0 Å². The molecule has 3 aromatic rings. The Kier molecular flexibility index (Phi) is 7.43. The summed E-state index contributed by atoms with van der Waals surface area (Å²) in [5.41, 5.74) is 2.30. The molecule has 2 heterocycles. The number of aliphatic hydroxyl groups excluding tert-OH is 1. The second kappa shape index (κ2) is 10.5. The maximum atomic E-state index is 13.3. The van der Waals surface area contributed by atoms with Crippen LogP contribution in [0, 0.1) is 5.82 Å². The van der Waals surface area contributed by atoms with E-state index in [2.05, 4.69) is 4.98 Å². The molecule has 1 N–H and O–H groups in total. The van der Waals surface area contributed by atoms with Crippen molar-refractivity contribution in [2.24, 2.45) is 0 Å². The zero-order valence-corrected chi connectivity index (χ0v) is 21.5. The molecule has 1 aliphatic rings. The molecule has 1 unspecified atom stereocenters. The van der Waals surface area contributed by atoms with Crippen LogP contribution in [-0.4, -0.2) is 39.8 Å². The number of ether oxygens (including phenoxy) is 1. The lowest BCUT2D eigenvalue weighted by atomic mass is 9.84. The van der Waals surface area contributed by atoms with Gasteiger partial charge >= 0.3 is 0 Å². The molecule has 1 aliphatic heterocycles. The van der Waals surface area contributed by atoms with Crippen molar-refractivity contribution in [2.45, 2.75) is 45.6 Å². The minimum absolute atomic E-state index is 0.00757. The van der Waals surface area contributed by atoms with Crippen molar-refractivity contribution in [1.82, 2.24) is 9.88 Å². The molecule has 0 spiro atoms. The summed E-state index contributed by atoms with van der Waals surface area (Å²) in [6, 6.07) is 15.7. The number of ketones is 1. The van der Waals surface area contributed by atoms with Crippen molar-refractivity contribution < 1.29 is 23.8 Å². The van der Waals surface area contributed by atoms with Crippen LogP contribution in [-0.2, 0) is 21.4 Å². The summed E-state index contributed by atoms with van der Waals surface area (Å²) in [7, 11) is 0. The average Bonchev–Trinajstić information content (AvgIpc) is 3.13. The second-order valence-corrected chi connectivity index (χ2v) is 10.0. The number of Topliss-reactive ketones (excluding diaryl/α,β-unsaturated/α-hetero) is 1. The molecule has 1 fully saturated rings. The minimum atomic E-state index is -0.855. The van der Waals surface area contributed by atoms with Gasteiger partial charge < -0.3 is 14.7 Å². The molecule has 1 amide bonds. The Hall–Kier alpha value is -4.00. The highest BCUT2D eigenvalue weighted by atomic mass is 19.1. The highest BCUT2D eigenvalue weighted by Crippen LogP contribution is 2.40. The molecule has 0 bridgehead atoms. The van der Waals surface area contributed by atoms with Crippen LogP contribution >= 0.6 is 0 Å². The Morgan fingerprint density at radius 3 is 2.43 bits per heavy atom. The van der Waals surface area contributed by atoms with Crippen LogP contribution < -0.4 is 4.74 Å². The van der Waals surface area contributed by atoms with Gasteiger partial charge in [-0.3, -0.25) is 14.6 Å². The average molecular weight is 503 g/mol. The number of hydrogen-bond donors (Lipinski definition) is 1. The van der Waals surface area contributed by atoms with Crippen molar-refractivity contribution in [3.63, 3.8) is 0 Å². The van der Waals surface area contributed by atoms with Gasteiger partial charge in [0.2, 0.25) is 0 Å². The number of carbonyl (C=O) groups is 2. The molecule has 0 saturated carbocycles. The Labute approximate surface area is 216 Å². The highest BCUT2D eigenvalue weighted by molar-refractivity contribution is 6.46. The van der Waals surface area contributed by atoms with Crippen LogP contribution in [0.25, 0.3) is 5.76 Å².